The van der Waals surface area contributed by atoms with Gasteiger partial charge in [-0.2, -0.15) is 0 Å². The molecular weight excluding hydrogens is 572 g/mol. The summed E-state index contributed by atoms with van der Waals surface area (Å²) in [6.07, 6.45) is 1.17. The Bertz CT molecular complexity index is 1730. The molecule has 0 aliphatic heterocycles. The molecule has 0 saturated carbocycles. The number of hydrogen-bond acceptors (Lipinski definition) is 8. The minimum Gasteiger partial charge on any atom is -0.511 e. The number of Topliss-reactive ketones (excluding diaryl/α,β-unsaturated/α-hetero) is 3. The molecule has 0 amide bonds. The number of carbonyl (C=O) groups is 3. The fourth-order valence-electron chi connectivity index (χ4n) is 8.68. The van der Waals surface area contributed by atoms with Gasteiger partial charge in [-0.3, -0.25) is 14.4 Å². The molecule has 5 rings (SSSR count). The third-order valence-electron chi connectivity index (χ3n) is 10.7. The highest BCUT2D eigenvalue weighted by molar-refractivity contribution is 6.25. The molecule has 8 heteroatoms. The van der Waals surface area contributed by atoms with Crippen molar-refractivity contribution in [2.45, 2.75) is 92.6 Å². The topological polar surface area (TPSA) is 152 Å². The molecule has 45 heavy (non-hydrogen) atoms. The Hall–Kier alpha value is -3.91. The van der Waals surface area contributed by atoms with Crippen LogP contribution in [0.4, 0.5) is 0 Å². The van der Waals surface area contributed by atoms with Crippen molar-refractivity contribution in [2.24, 2.45) is 22.7 Å². The number of benzene rings is 2. The maximum Gasteiger partial charge on any atom is 0.209 e. The molecular formula is C37H44O8. The number of ketones is 3. The second kappa shape index (κ2) is 10.6. The summed E-state index contributed by atoms with van der Waals surface area (Å²) >= 11 is 0. The minimum absolute atomic E-state index is 0.0158. The molecule has 0 aromatic heterocycles. The molecule has 240 valence electrons. The fourth-order valence-corrected chi connectivity index (χ4v) is 8.68. The fraction of sp³-hybridized carbons (Fsp3) is 0.486. The Morgan fingerprint density at radius 1 is 1.00 bits per heavy atom. The van der Waals surface area contributed by atoms with E-state index in [1.54, 1.807) is 19.9 Å². The lowest BCUT2D eigenvalue weighted by Gasteiger charge is -2.59. The SMILES string of the molecule is CC(=O)C1=C(O)C(C(C)C)[C@@]2(C)C[C@@]3(C)Cc4c(C(C)C)cc(CCc5ccc(C)c(O)c5)c(O)c4C(=O)C3=C(O)[C@@]2(O)C1=O. The number of aliphatic hydroxyl groups is 3. The third kappa shape index (κ3) is 4.47. The van der Waals surface area contributed by atoms with E-state index in [1.165, 1.54) is 0 Å². The first kappa shape index (κ1) is 32.5. The molecule has 3 aliphatic carbocycles. The van der Waals surface area contributed by atoms with Crippen LogP contribution in [0.2, 0.25) is 0 Å². The van der Waals surface area contributed by atoms with Gasteiger partial charge in [-0.15, -0.1) is 0 Å². The lowest BCUT2D eigenvalue weighted by molar-refractivity contribution is -0.171. The van der Waals surface area contributed by atoms with Crippen LogP contribution in [0.3, 0.4) is 0 Å². The van der Waals surface area contributed by atoms with E-state index in [-0.39, 0.29) is 47.3 Å². The highest BCUT2D eigenvalue weighted by Crippen LogP contribution is 2.65. The van der Waals surface area contributed by atoms with E-state index in [0.717, 1.165) is 23.6 Å². The van der Waals surface area contributed by atoms with Gasteiger partial charge in [0, 0.05) is 22.3 Å². The summed E-state index contributed by atoms with van der Waals surface area (Å²) in [5.74, 6) is -5.00. The molecule has 0 fully saturated rings. The Balaban J connectivity index is 1.71. The third-order valence-corrected chi connectivity index (χ3v) is 10.7. The lowest BCUT2D eigenvalue weighted by Crippen LogP contribution is -2.67. The van der Waals surface area contributed by atoms with E-state index in [4.69, 9.17) is 0 Å². The van der Waals surface area contributed by atoms with Crippen LogP contribution in [0.1, 0.15) is 99.0 Å². The van der Waals surface area contributed by atoms with Gasteiger partial charge in [-0.05, 0) is 85.3 Å². The standard InChI is InChI=1S/C37H44O8/c1-17(2)23-14-22(12-11-21-10-9-19(5)25(39)13-21)30(40)27-24(23)15-35(7)16-36(8)28(18(3)4)31(41)26(20(6)38)33(43)37(36,45)34(44)29(35)32(27)42/h9-10,13-14,17-18,28,39-41,44-45H,11-12,15-16H2,1-8H3/t28?,35-,36-,37+/m1/s1. The summed E-state index contributed by atoms with van der Waals surface area (Å²) in [6.45, 7) is 14.0. The van der Waals surface area contributed by atoms with Gasteiger partial charge in [0.15, 0.2) is 17.2 Å². The summed E-state index contributed by atoms with van der Waals surface area (Å²) in [7, 11) is 0. The number of hydrogen-bond donors (Lipinski definition) is 5. The van der Waals surface area contributed by atoms with Gasteiger partial charge >= 0.3 is 0 Å². The summed E-state index contributed by atoms with van der Waals surface area (Å²) < 4.78 is 0. The van der Waals surface area contributed by atoms with Crippen molar-refractivity contribution in [3.63, 3.8) is 0 Å². The second-order valence-corrected chi connectivity index (χ2v) is 14.6. The first-order valence-corrected chi connectivity index (χ1v) is 15.7. The highest BCUT2D eigenvalue weighted by Gasteiger charge is 2.71. The summed E-state index contributed by atoms with van der Waals surface area (Å²) in [5, 5.41) is 57.3. The number of fused-ring (bicyclic) bond motifs is 3. The van der Waals surface area contributed by atoms with Crippen LogP contribution >= 0.6 is 0 Å². The molecule has 2 aromatic rings. The summed E-state index contributed by atoms with van der Waals surface area (Å²) in [6, 6.07) is 7.33. The molecule has 0 bridgehead atoms. The van der Waals surface area contributed by atoms with E-state index in [9.17, 15) is 39.9 Å². The van der Waals surface area contributed by atoms with Gasteiger partial charge in [-0.25, -0.2) is 0 Å². The largest absolute Gasteiger partial charge is 0.511 e. The molecule has 5 N–H and O–H groups in total. The van der Waals surface area contributed by atoms with Crippen LogP contribution in [0, 0.1) is 29.6 Å². The molecule has 1 unspecified atom stereocenters. The van der Waals surface area contributed by atoms with Gasteiger partial charge in [-0.1, -0.05) is 59.7 Å². The average molecular weight is 617 g/mol. The van der Waals surface area contributed by atoms with Crippen molar-refractivity contribution in [3.05, 3.63) is 80.3 Å². The zero-order valence-corrected chi connectivity index (χ0v) is 27.3. The van der Waals surface area contributed by atoms with Gasteiger partial charge in [0.2, 0.25) is 5.78 Å². The Morgan fingerprint density at radius 3 is 2.20 bits per heavy atom. The lowest BCUT2D eigenvalue weighted by atomic mass is 9.44. The van der Waals surface area contributed by atoms with Crippen molar-refractivity contribution in [1.82, 2.24) is 0 Å². The van der Waals surface area contributed by atoms with Crippen LogP contribution in [0.5, 0.6) is 11.5 Å². The number of rotatable bonds is 6. The first-order valence-electron chi connectivity index (χ1n) is 15.7. The number of aromatic hydroxyl groups is 2. The van der Waals surface area contributed by atoms with E-state index in [1.807, 2.05) is 52.8 Å². The molecule has 0 spiro atoms. The van der Waals surface area contributed by atoms with E-state index >= 15 is 0 Å². The predicted molar refractivity (Wildman–Crippen MR) is 170 cm³/mol. The van der Waals surface area contributed by atoms with E-state index in [0.29, 0.717) is 24.0 Å². The molecule has 0 saturated heterocycles. The van der Waals surface area contributed by atoms with Crippen LogP contribution in [-0.2, 0) is 28.9 Å². The van der Waals surface area contributed by atoms with Crippen LogP contribution < -0.4 is 0 Å². The van der Waals surface area contributed by atoms with Gasteiger partial charge in [0.1, 0.15) is 28.6 Å². The second-order valence-electron chi connectivity index (χ2n) is 14.6. The quantitative estimate of drug-likeness (QED) is 0.238. The predicted octanol–water partition coefficient (Wildman–Crippen LogP) is 6.27. The highest BCUT2D eigenvalue weighted by atomic mass is 16.3. The van der Waals surface area contributed by atoms with Crippen molar-refractivity contribution >= 4 is 17.3 Å². The number of aliphatic hydroxyl groups excluding tert-OH is 2. The summed E-state index contributed by atoms with van der Waals surface area (Å²) in [4.78, 5) is 41.1. The molecule has 8 nitrogen and oxygen atoms in total. The van der Waals surface area contributed by atoms with Gasteiger partial charge in [0.25, 0.3) is 0 Å². The number of aryl methyl sites for hydroxylation is 3. The van der Waals surface area contributed by atoms with Gasteiger partial charge < -0.3 is 25.5 Å². The maximum absolute atomic E-state index is 14.5. The number of phenols is 2. The van der Waals surface area contributed by atoms with Crippen molar-refractivity contribution < 1.29 is 39.9 Å². The number of carbonyl (C=O) groups excluding carboxylic acids is 3. The van der Waals surface area contributed by atoms with Crippen LogP contribution in [0.15, 0.2) is 46.9 Å². The summed E-state index contributed by atoms with van der Waals surface area (Å²) in [5.41, 5.74) is -2.15. The Morgan fingerprint density at radius 2 is 1.64 bits per heavy atom. The van der Waals surface area contributed by atoms with E-state index < -0.39 is 56.8 Å². The van der Waals surface area contributed by atoms with Crippen molar-refractivity contribution in [2.75, 3.05) is 0 Å². The molecule has 2 aromatic carbocycles. The molecule has 0 radical (unpaired) electrons. The zero-order valence-electron chi connectivity index (χ0n) is 27.3. The normalized spacial score (nSPS) is 28.0. The monoisotopic (exact) mass is 616 g/mol. The average Bonchev–Trinajstić information content (AvgIpc) is 2.91. The Labute approximate surface area is 264 Å². The zero-order chi connectivity index (χ0) is 33.5. The van der Waals surface area contributed by atoms with Crippen molar-refractivity contribution in [1.29, 1.82) is 0 Å². The first-order chi connectivity index (χ1) is 20.8. The molecule has 0 heterocycles. The van der Waals surface area contributed by atoms with Crippen LogP contribution in [-0.4, -0.2) is 48.5 Å². The maximum atomic E-state index is 14.5. The number of phenolic OH excluding ortho intramolecular Hbond substituents is 2. The van der Waals surface area contributed by atoms with Crippen molar-refractivity contribution in [3.8, 4) is 11.5 Å². The molecule has 3 aliphatic rings. The minimum atomic E-state index is -2.64. The van der Waals surface area contributed by atoms with Crippen LogP contribution in [0.25, 0.3) is 0 Å². The van der Waals surface area contributed by atoms with Gasteiger partial charge in [0.05, 0.1) is 5.56 Å². The smallest absolute Gasteiger partial charge is 0.209 e. The number of allylic oxidation sites excluding steroid dienone is 2. The van der Waals surface area contributed by atoms with E-state index in [2.05, 4.69) is 0 Å². The molecule has 4 atom stereocenters. The Kier molecular flexibility index (Phi) is 7.64.